The average Bonchev–Trinajstić information content (AvgIpc) is 2.76. The number of fused-ring (bicyclic) bond motifs is 1. The maximum Gasteiger partial charge on any atom is 0.261 e. The molecule has 0 saturated carbocycles. The molecule has 0 amide bonds. The van der Waals surface area contributed by atoms with Gasteiger partial charge < -0.3 is 0 Å². The van der Waals surface area contributed by atoms with Crippen molar-refractivity contribution in [3.63, 3.8) is 0 Å². The van der Waals surface area contributed by atoms with Crippen LogP contribution in [0.4, 0.5) is 11.4 Å². The lowest BCUT2D eigenvalue weighted by Crippen LogP contribution is -2.15. The molecule has 0 fully saturated rings. The highest BCUT2D eigenvalue weighted by Gasteiger charge is 2.19. The van der Waals surface area contributed by atoms with Crippen LogP contribution in [0, 0.1) is 13.8 Å². The van der Waals surface area contributed by atoms with Gasteiger partial charge in [0.2, 0.25) is 0 Å². The molecule has 0 aliphatic carbocycles. The number of sulfonamides is 2. The van der Waals surface area contributed by atoms with Crippen LogP contribution in [0.1, 0.15) is 11.1 Å². The minimum absolute atomic E-state index is 0.129. The predicted octanol–water partition coefficient (Wildman–Crippen LogP) is 4.45. The fourth-order valence-corrected chi connectivity index (χ4v) is 5.37. The van der Waals surface area contributed by atoms with Crippen molar-refractivity contribution in [3.05, 3.63) is 90.3 Å². The van der Waals surface area contributed by atoms with Crippen LogP contribution in [0.25, 0.3) is 10.8 Å². The smallest absolute Gasteiger partial charge is 0.261 e. The summed E-state index contributed by atoms with van der Waals surface area (Å²) in [7, 11) is -7.66. The number of aromatic nitrogens is 1. The van der Waals surface area contributed by atoms with E-state index in [1.807, 2.05) is 13.8 Å². The van der Waals surface area contributed by atoms with Crippen LogP contribution in [0.15, 0.2) is 88.9 Å². The normalized spacial score (nSPS) is 11.9. The molecule has 0 unspecified atom stereocenters. The molecule has 4 aromatic rings. The van der Waals surface area contributed by atoms with Gasteiger partial charge in [-0.3, -0.25) is 14.4 Å². The number of hydrogen-bond donors (Lipinski definition) is 2. The van der Waals surface area contributed by atoms with Crippen LogP contribution in [-0.2, 0) is 20.0 Å². The molecule has 1 aromatic heterocycles. The Bertz CT molecular complexity index is 1380. The number of pyridine rings is 1. The van der Waals surface area contributed by atoms with Gasteiger partial charge in [-0.1, -0.05) is 35.4 Å². The number of hydrogen-bond acceptors (Lipinski definition) is 5. The predicted molar refractivity (Wildman–Crippen MR) is 126 cm³/mol. The Balaban J connectivity index is 1.72. The van der Waals surface area contributed by atoms with Gasteiger partial charge in [-0.05, 0) is 56.3 Å². The minimum atomic E-state index is -3.83. The lowest BCUT2D eigenvalue weighted by molar-refractivity contribution is 0.599. The summed E-state index contributed by atoms with van der Waals surface area (Å²) in [5, 5.41) is 0.979. The maximum atomic E-state index is 12.8. The van der Waals surface area contributed by atoms with Crippen molar-refractivity contribution < 1.29 is 16.8 Å². The Kier molecular flexibility index (Phi) is 5.62. The highest BCUT2D eigenvalue weighted by Crippen LogP contribution is 2.32. The molecule has 9 heteroatoms. The zero-order valence-corrected chi connectivity index (χ0v) is 19.0. The number of nitrogens with zero attached hydrogens (tertiary/aromatic N) is 1. The summed E-state index contributed by atoms with van der Waals surface area (Å²) in [6.45, 7) is 3.75. The number of benzene rings is 3. The molecule has 7 nitrogen and oxygen atoms in total. The maximum absolute atomic E-state index is 12.8. The third-order valence-corrected chi connectivity index (χ3v) is 7.73. The molecule has 0 saturated heterocycles. The Hall–Kier alpha value is -3.43. The molecule has 4 rings (SSSR count). The van der Waals surface area contributed by atoms with Gasteiger partial charge in [-0.15, -0.1) is 0 Å². The molecule has 0 atom stereocenters. The van der Waals surface area contributed by atoms with Crippen molar-refractivity contribution in [1.82, 2.24) is 4.98 Å². The monoisotopic (exact) mass is 467 g/mol. The van der Waals surface area contributed by atoms with Gasteiger partial charge in [0, 0.05) is 23.2 Å². The minimum Gasteiger partial charge on any atom is -0.279 e. The first kappa shape index (κ1) is 21.8. The second-order valence-electron chi connectivity index (χ2n) is 7.42. The molecule has 2 N–H and O–H groups in total. The summed E-state index contributed by atoms with van der Waals surface area (Å²) < 4.78 is 56.5. The van der Waals surface area contributed by atoms with E-state index < -0.39 is 20.0 Å². The lowest BCUT2D eigenvalue weighted by Gasteiger charge is -2.15. The molecule has 0 bridgehead atoms. The SMILES string of the molecule is Cc1ccc(S(=O)(=O)Nc2ccc(NS(=O)(=O)c3ccc(C)cc3)c3cnccc23)cc1. The zero-order valence-electron chi connectivity index (χ0n) is 17.4. The van der Waals surface area contributed by atoms with Crippen LogP contribution in [0.5, 0.6) is 0 Å². The molecule has 3 aromatic carbocycles. The summed E-state index contributed by atoms with van der Waals surface area (Å²) in [6, 6.07) is 17.7. The van der Waals surface area contributed by atoms with Gasteiger partial charge in [0.1, 0.15) is 0 Å². The van der Waals surface area contributed by atoms with Crippen molar-refractivity contribution in [3.8, 4) is 0 Å². The van der Waals surface area contributed by atoms with E-state index in [1.165, 1.54) is 48.8 Å². The third kappa shape index (κ3) is 4.44. The number of anilines is 2. The Labute approximate surface area is 187 Å². The third-order valence-electron chi connectivity index (χ3n) is 4.97. The van der Waals surface area contributed by atoms with E-state index in [1.54, 1.807) is 30.3 Å². The molecule has 0 aliphatic rings. The van der Waals surface area contributed by atoms with E-state index in [9.17, 15) is 16.8 Å². The zero-order chi connectivity index (χ0) is 22.9. The van der Waals surface area contributed by atoms with Gasteiger partial charge in [-0.25, -0.2) is 16.8 Å². The van der Waals surface area contributed by atoms with Gasteiger partial charge in [0.15, 0.2) is 0 Å². The number of nitrogens with one attached hydrogen (secondary N) is 2. The molecular weight excluding hydrogens is 446 g/mol. The molecule has 0 spiro atoms. The van der Waals surface area contributed by atoms with E-state index in [0.717, 1.165) is 11.1 Å². The largest absolute Gasteiger partial charge is 0.279 e. The Morgan fingerprint density at radius 1 is 0.594 bits per heavy atom. The van der Waals surface area contributed by atoms with Gasteiger partial charge in [-0.2, -0.15) is 0 Å². The van der Waals surface area contributed by atoms with E-state index in [2.05, 4.69) is 14.4 Å². The summed E-state index contributed by atoms with van der Waals surface area (Å²) >= 11 is 0. The molecule has 1 heterocycles. The second-order valence-corrected chi connectivity index (χ2v) is 10.8. The Morgan fingerprint density at radius 2 is 1.03 bits per heavy atom. The summed E-state index contributed by atoms with van der Waals surface area (Å²) in [5.41, 5.74) is 2.52. The van der Waals surface area contributed by atoms with Gasteiger partial charge in [0.25, 0.3) is 20.0 Å². The summed E-state index contributed by atoms with van der Waals surface area (Å²) in [6.07, 6.45) is 3.01. The summed E-state index contributed by atoms with van der Waals surface area (Å²) in [4.78, 5) is 4.34. The van der Waals surface area contributed by atoms with Crippen molar-refractivity contribution >= 4 is 42.2 Å². The van der Waals surface area contributed by atoms with Gasteiger partial charge >= 0.3 is 0 Å². The highest BCUT2D eigenvalue weighted by molar-refractivity contribution is 7.93. The molecular formula is C23H21N3O4S2. The molecule has 32 heavy (non-hydrogen) atoms. The number of aryl methyl sites for hydroxylation is 2. The molecule has 164 valence electrons. The molecule has 0 radical (unpaired) electrons. The van der Waals surface area contributed by atoms with Crippen molar-refractivity contribution in [2.45, 2.75) is 23.6 Å². The van der Waals surface area contributed by atoms with E-state index >= 15 is 0 Å². The van der Waals surface area contributed by atoms with Crippen LogP contribution in [-0.4, -0.2) is 21.8 Å². The standard InChI is InChI=1S/C23H21N3O4S2/c1-16-3-7-18(8-4-16)31(27,28)25-22-11-12-23(21-15-24-14-13-20(21)22)26-32(29,30)19-9-5-17(2)6-10-19/h3-15,25-26H,1-2H3. The van der Waals surface area contributed by atoms with Crippen molar-refractivity contribution in [1.29, 1.82) is 0 Å². The molecule has 0 aliphatic heterocycles. The van der Waals surface area contributed by atoms with Crippen LogP contribution in [0.2, 0.25) is 0 Å². The van der Waals surface area contributed by atoms with E-state index in [0.29, 0.717) is 22.1 Å². The first-order valence-corrected chi connectivity index (χ1v) is 12.7. The second kappa shape index (κ2) is 8.25. The Morgan fingerprint density at radius 3 is 1.50 bits per heavy atom. The van der Waals surface area contributed by atoms with Crippen LogP contribution >= 0.6 is 0 Å². The number of rotatable bonds is 6. The lowest BCUT2D eigenvalue weighted by atomic mass is 10.1. The first-order valence-electron chi connectivity index (χ1n) is 9.71. The van der Waals surface area contributed by atoms with E-state index in [4.69, 9.17) is 0 Å². The van der Waals surface area contributed by atoms with Gasteiger partial charge in [0.05, 0.1) is 21.2 Å². The van der Waals surface area contributed by atoms with Crippen molar-refractivity contribution in [2.75, 3.05) is 9.44 Å². The quantitative estimate of drug-likeness (QED) is 0.436. The fraction of sp³-hybridized carbons (Fsp3) is 0.0870. The van der Waals surface area contributed by atoms with Crippen LogP contribution in [0.3, 0.4) is 0 Å². The van der Waals surface area contributed by atoms with Crippen LogP contribution < -0.4 is 9.44 Å². The van der Waals surface area contributed by atoms with E-state index in [-0.39, 0.29) is 9.79 Å². The highest BCUT2D eigenvalue weighted by atomic mass is 32.2. The summed E-state index contributed by atoms with van der Waals surface area (Å²) in [5.74, 6) is 0. The average molecular weight is 468 g/mol. The first-order chi connectivity index (χ1) is 15.2. The van der Waals surface area contributed by atoms with Crippen molar-refractivity contribution in [2.24, 2.45) is 0 Å². The fourth-order valence-electron chi connectivity index (χ4n) is 3.21. The topological polar surface area (TPSA) is 105 Å².